The summed E-state index contributed by atoms with van der Waals surface area (Å²) in [7, 11) is 3.99. The first-order valence-electron chi connectivity index (χ1n) is 16.7. The van der Waals surface area contributed by atoms with Gasteiger partial charge in [0.05, 0.1) is 11.8 Å². The number of halogens is 1. The van der Waals surface area contributed by atoms with Crippen LogP contribution in [0.1, 0.15) is 10.4 Å². The summed E-state index contributed by atoms with van der Waals surface area (Å²) < 4.78 is 29.2. The lowest BCUT2D eigenvalue weighted by Gasteiger charge is -2.34. The number of hydrogen-bond donors (Lipinski definition) is 1. The average molecular weight is 697 g/mol. The number of piperazine rings is 1. The van der Waals surface area contributed by atoms with Gasteiger partial charge < -0.3 is 24.3 Å². The molecule has 1 amide bonds. The number of aryl methyl sites for hydroxylation is 1. The van der Waals surface area contributed by atoms with Gasteiger partial charge in [-0.3, -0.25) is 18.8 Å². The maximum absolute atomic E-state index is 13.4. The molecule has 0 radical (unpaired) electrons. The molecule has 1 N–H and O–H groups in total. The topological polar surface area (TPSA) is 124 Å². The third-order valence-corrected chi connectivity index (χ3v) is 9.05. The highest BCUT2D eigenvalue weighted by molar-refractivity contribution is 6.04. The Balaban J connectivity index is 1.09. The van der Waals surface area contributed by atoms with Crippen LogP contribution >= 0.6 is 0 Å². The van der Waals surface area contributed by atoms with E-state index in [1.807, 2.05) is 25.4 Å². The summed E-state index contributed by atoms with van der Waals surface area (Å²) in [5, 5.41) is 7.76. The molecule has 1 saturated heterocycles. The Kier molecular flexibility index (Phi) is 8.53. The molecule has 1 aliphatic heterocycles. The molecule has 1 fully saturated rings. The standard InChI is InChI=1S/C39H33FN8O4/c1-45-17-19-47(20-18-45)30-6-3-5-25(21-30)33-34-37(41-24-42-38(34)52-35(33)26-22-43-46(2)23-26)51-31-14-10-28(11-15-31)44-36(49)32-7-4-16-48(39(32)50)29-12-8-27(40)9-13-29/h3-16,21-24H,17-20H2,1-2H3,(H,44,49). The zero-order chi connectivity index (χ0) is 35.8. The van der Waals surface area contributed by atoms with Crippen molar-refractivity contribution in [3.8, 4) is 39.8 Å². The fraction of sp³-hybridized carbons (Fsp3) is 0.154. The Hall–Kier alpha value is -6.60. The molecule has 260 valence electrons. The highest BCUT2D eigenvalue weighted by Crippen LogP contribution is 2.44. The van der Waals surface area contributed by atoms with Gasteiger partial charge in [0.25, 0.3) is 11.5 Å². The molecule has 4 aromatic heterocycles. The first kappa shape index (κ1) is 32.6. The highest BCUT2D eigenvalue weighted by atomic mass is 19.1. The lowest BCUT2D eigenvalue weighted by atomic mass is 10.00. The summed E-state index contributed by atoms with van der Waals surface area (Å²) in [4.78, 5) is 40.0. The molecule has 0 spiro atoms. The smallest absolute Gasteiger partial charge is 0.267 e. The fourth-order valence-corrected chi connectivity index (χ4v) is 6.31. The van der Waals surface area contributed by atoms with Crippen molar-refractivity contribution in [3.05, 3.63) is 132 Å². The number of rotatable bonds is 8. The summed E-state index contributed by atoms with van der Waals surface area (Å²) >= 11 is 0. The van der Waals surface area contributed by atoms with Crippen molar-refractivity contribution in [2.45, 2.75) is 0 Å². The summed E-state index contributed by atoms with van der Waals surface area (Å²) in [6, 6.07) is 23.6. The van der Waals surface area contributed by atoms with E-state index in [1.165, 1.54) is 47.4 Å². The number of nitrogens with zero attached hydrogens (tertiary/aromatic N) is 7. The van der Waals surface area contributed by atoms with Crippen molar-refractivity contribution in [1.82, 2.24) is 29.2 Å². The van der Waals surface area contributed by atoms with E-state index in [2.05, 4.69) is 49.4 Å². The van der Waals surface area contributed by atoms with Crippen molar-refractivity contribution >= 4 is 28.4 Å². The van der Waals surface area contributed by atoms with Crippen LogP contribution < -0.4 is 20.5 Å². The quantitative estimate of drug-likeness (QED) is 0.193. The van der Waals surface area contributed by atoms with Crippen LogP contribution in [0.15, 0.2) is 119 Å². The monoisotopic (exact) mass is 696 g/mol. The van der Waals surface area contributed by atoms with Crippen LogP contribution in [-0.4, -0.2) is 68.3 Å². The normalized spacial score (nSPS) is 13.4. The van der Waals surface area contributed by atoms with Crippen molar-refractivity contribution in [2.75, 3.05) is 43.4 Å². The number of ether oxygens (including phenoxy) is 1. The summed E-state index contributed by atoms with van der Waals surface area (Å²) in [5.41, 5.74) is 4.26. The van der Waals surface area contributed by atoms with Crippen LogP contribution in [0.5, 0.6) is 11.6 Å². The van der Waals surface area contributed by atoms with Gasteiger partial charge in [-0.15, -0.1) is 0 Å². The maximum Gasteiger partial charge on any atom is 0.267 e. The maximum atomic E-state index is 13.4. The second-order valence-corrected chi connectivity index (χ2v) is 12.6. The van der Waals surface area contributed by atoms with Gasteiger partial charge in [0, 0.05) is 68.2 Å². The summed E-state index contributed by atoms with van der Waals surface area (Å²) in [5.74, 6) is 0.344. The predicted molar refractivity (Wildman–Crippen MR) is 196 cm³/mol. The van der Waals surface area contributed by atoms with Crippen molar-refractivity contribution < 1.29 is 18.3 Å². The van der Waals surface area contributed by atoms with Crippen LogP contribution in [-0.2, 0) is 7.05 Å². The van der Waals surface area contributed by atoms with Gasteiger partial charge in [0.2, 0.25) is 11.6 Å². The Morgan fingerprint density at radius 3 is 2.42 bits per heavy atom. The van der Waals surface area contributed by atoms with Gasteiger partial charge >= 0.3 is 0 Å². The number of fused-ring (bicyclic) bond motifs is 1. The zero-order valence-corrected chi connectivity index (χ0v) is 28.4. The van der Waals surface area contributed by atoms with Gasteiger partial charge in [-0.2, -0.15) is 5.10 Å². The second kappa shape index (κ2) is 13.6. The van der Waals surface area contributed by atoms with E-state index < -0.39 is 17.3 Å². The third kappa shape index (κ3) is 6.40. The third-order valence-electron chi connectivity index (χ3n) is 9.05. The molecule has 0 atom stereocenters. The molecule has 0 saturated carbocycles. The van der Waals surface area contributed by atoms with E-state index in [1.54, 1.807) is 41.2 Å². The van der Waals surface area contributed by atoms with Gasteiger partial charge in [-0.25, -0.2) is 14.4 Å². The Labute approximate surface area is 297 Å². The number of hydrogen-bond acceptors (Lipinski definition) is 9. The Morgan fingerprint density at radius 1 is 0.885 bits per heavy atom. The second-order valence-electron chi connectivity index (χ2n) is 12.6. The van der Waals surface area contributed by atoms with Crippen LogP contribution in [0.3, 0.4) is 0 Å². The summed E-state index contributed by atoms with van der Waals surface area (Å²) in [6.45, 7) is 3.82. The number of carbonyl (C=O) groups excluding carboxylic acids is 1. The number of nitrogens with one attached hydrogen (secondary N) is 1. The molecule has 13 heteroatoms. The van der Waals surface area contributed by atoms with E-state index >= 15 is 0 Å². The van der Waals surface area contributed by atoms with E-state index in [9.17, 15) is 14.0 Å². The highest BCUT2D eigenvalue weighted by Gasteiger charge is 2.25. The largest absolute Gasteiger partial charge is 0.438 e. The van der Waals surface area contributed by atoms with E-state index in [-0.39, 0.29) is 5.56 Å². The predicted octanol–water partition coefficient (Wildman–Crippen LogP) is 6.38. The van der Waals surface area contributed by atoms with Crippen molar-refractivity contribution in [1.29, 1.82) is 0 Å². The minimum atomic E-state index is -0.586. The zero-order valence-electron chi connectivity index (χ0n) is 28.4. The van der Waals surface area contributed by atoms with Gasteiger partial charge in [-0.05, 0) is 85.4 Å². The number of pyridine rings is 1. The molecule has 8 rings (SSSR count). The minimum absolute atomic E-state index is 0.0656. The molecule has 3 aromatic carbocycles. The van der Waals surface area contributed by atoms with E-state index in [0.29, 0.717) is 39.9 Å². The molecule has 12 nitrogen and oxygen atoms in total. The molecular formula is C39H33FN8O4. The SMILES string of the molecule is CN1CCN(c2cccc(-c3c(-c4cnn(C)c4)oc4ncnc(Oc5ccc(NC(=O)c6cccn(-c7ccc(F)cc7)c6=O)cc5)c34)c2)CC1. The lowest BCUT2D eigenvalue weighted by molar-refractivity contribution is 0.102. The number of likely N-dealkylation sites (N-methyl/N-ethyl adjacent to an activating group) is 1. The molecule has 1 aliphatic rings. The van der Waals surface area contributed by atoms with Crippen molar-refractivity contribution in [2.24, 2.45) is 7.05 Å². The summed E-state index contributed by atoms with van der Waals surface area (Å²) in [6.07, 6.45) is 6.56. The Morgan fingerprint density at radius 2 is 1.67 bits per heavy atom. The van der Waals surface area contributed by atoms with Gasteiger partial charge in [0.15, 0.2) is 0 Å². The molecule has 7 aromatic rings. The van der Waals surface area contributed by atoms with Crippen molar-refractivity contribution in [3.63, 3.8) is 0 Å². The average Bonchev–Trinajstić information content (AvgIpc) is 3.77. The van der Waals surface area contributed by atoms with Crippen LogP contribution in [0.2, 0.25) is 0 Å². The molecule has 52 heavy (non-hydrogen) atoms. The molecular weight excluding hydrogens is 663 g/mol. The molecule has 0 unspecified atom stereocenters. The number of anilines is 2. The number of benzene rings is 3. The van der Waals surface area contributed by atoms with Crippen LogP contribution in [0, 0.1) is 5.82 Å². The minimum Gasteiger partial charge on any atom is -0.438 e. The van der Waals surface area contributed by atoms with E-state index in [0.717, 1.165) is 48.6 Å². The Bertz CT molecular complexity index is 2460. The molecule has 0 bridgehead atoms. The number of furan rings is 1. The number of amides is 1. The number of aromatic nitrogens is 5. The first-order valence-corrected chi connectivity index (χ1v) is 16.7. The number of carbonyl (C=O) groups is 1. The van der Waals surface area contributed by atoms with Crippen LogP contribution in [0.25, 0.3) is 39.2 Å². The van der Waals surface area contributed by atoms with Gasteiger partial charge in [0.1, 0.15) is 34.6 Å². The van der Waals surface area contributed by atoms with E-state index in [4.69, 9.17) is 9.15 Å². The fourth-order valence-electron chi connectivity index (χ4n) is 6.31. The molecule has 0 aliphatic carbocycles. The van der Waals surface area contributed by atoms with Crippen LogP contribution in [0.4, 0.5) is 15.8 Å². The van der Waals surface area contributed by atoms with Gasteiger partial charge in [-0.1, -0.05) is 12.1 Å². The first-order chi connectivity index (χ1) is 25.3. The molecule has 5 heterocycles. The lowest BCUT2D eigenvalue weighted by Crippen LogP contribution is -2.44.